The predicted octanol–water partition coefficient (Wildman–Crippen LogP) is 5.23. The van der Waals surface area contributed by atoms with Crippen LogP contribution in [-0.2, 0) is 17.1 Å². The largest absolute Gasteiger partial charge is 2.00 e. The van der Waals surface area contributed by atoms with Gasteiger partial charge in [-0.1, -0.05) is 44.9 Å². The molecule has 2 aliphatic carbocycles. The van der Waals surface area contributed by atoms with Crippen molar-refractivity contribution >= 4 is 16.1 Å². The maximum absolute atomic E-state index is 10.1. The summed E-state index contributed by atoms with van der Waals surface area (Å²) in [6.45, 7) is 19.8. The number of rotatable bonds is 5. The molecule has 2 aliphatic rings. The van der Waals surface area contributed by atoms with E-state index in [0.717, 1.165) is 11.5 Å². The van der Waals surface area contributed by atoms with E-state index >= 15 is 0 Å². The van der Waals surface area contributed by atoms with Crippen molar-refractivity contribution in [1.29, 1.82) is 0 Å². The molecule has 10 radical (unpaired) electrons. The Morgan fingerprint density at radius 3 is 1.80 bits per heavy atom. The summed E-state index contributed by atoms with van der Waals surface area (Å²) in [5, 5.41) is 10.1. The third-order valence-corrected chi connectivity index (χ3v) is 8.22. The summed E-state index contributed by atoms with van der Waals surface area (Å²) in [4.78, 5) is 0. The summed E-state index contributed by atoms with van der Waals surface area (Å²) in [7, 11) is -2.31. The van der Waals surface area contributed by atoms with Gasteiger partial charge in [0, 0.05) is 5.92 Å². The second-order valence-corrected chi connectivity index (χ2v) is 18.9. The summed E-state index contributed by atoms with van der Waals surface area (Å²) in [6.07, 6.45) is 15.2. The van der Waals surface area contributed by atoms with E-state index in [1.54, 1.807) is 5.54 Å². The van der Waals surface area contributed by atoms with Gasteiger partial charge in [0.25, 0.3) is 0 Å². The Balaban J connectivity index is 0.000000495. The van der Waals surface area contributed by atoms with Crippen LogP contribution in [0.25, 0.3) is 0 Å². The van der Waals surface area contributed by atoms with Gasteiger partial charge in [-0.3, -0.25) is 0 Å². The summed E-state index contributed by atoms with van der Waals surface area (Å²) in [5.41, 5.74) is 3.96. The zero-order valence-electron chi connectivity index (χ0n) is 16.8. The van der Waals surface area contributed by atoms with Crippen LogP contribution < -0.4 is 0 Å². The molecule has 0 aromatic carbocycles. The molecule has 138 valence electrons. The van der Waals surface area contributed by atoms with Crippen molar-refractivity contribution in [3.8, 4) is 0 Å². The van der Waals surface area contributed by atoms with E-state index in [1.165, 1.54) is 5.54 Å². The van der Waals surface area contributed by atoms with E-state index in [1.807, 2.05) is 19.8 Å². The second-order valence-electron chi connectivity index (χ2n) is 8.75. The quantitative estimate of drug-likeness (QED) is 0.482. The first-order valence-corrected chi connectivity index (χ1v) is 15.7. The minimum Gasteiger partial charge on any atom is -0.392 e. The van der Waals surface area contributed by atoms with Gasteiger partial charge in [-0.25, -0.2) is 0 Å². The molecule has 1 nitrogen and oxygen atoms in total. The van der Waals surface area contributed by atoms with Gasteiger partial charge in [0.1, 0.15) is 0 Å². The molecule has 2 rings (SSSR count). The van der Waals surface area contributed by atoms with Crippen molar-refractivity contribution in [2.45, 2.75) is 58.7 Å². The van der Waals surface area contributed by atoms with Crippen molar-refractivity contribution in [3.05, 3.63) is 74.1 Å². The fourth-order valence-electron chi connectivity index (χ4n) is 2.72. The molecule has 0 aromatic rings. The van der Waals surface area contributed by atoms with Gasteiger partial charge in [0.2, 0.25) is 0 Å². The molecule has 0 heterocycles. The smallest absolute Gasteiger partial charge is 0.392 e. The first-order valence-electron chi connectivity index (χ1n) is 8.73. The molecule has 25 heavy (non-hydrogen) atoms. The Labute approximate surface area is 170 Å². The minimum atomic E-state index is -1.33. The molecule has 1 unspecified atom stereocenters. The summed E-state index contributed by atoms with van der Waals surface area (Å²) < 4.78 is 0. The van der Waals surface area contributed by atoms with Gasteiger partial charge in [-0.15, -0.1) is 6.58 Å². The molecular weight excluding hydrogens is 380 g/mol. The summed E-state index contributed by atoms with van der Waals surface area (Å²) >= 11 is 0. The Hall–Kier alpha value is 0.653. The standard InChI is InChI=1S/C13H21OSi.C8H13Si.Fe/c1-10(2)9-12(14)11-7-6-8-13(11)15(3,4)5;1-9(2,3)8-6-4-5-7-8;/h6-8,12,14H,1,9H2,2-5H3;4-7H,1-3H3;/q;;+2. The third kappa shape index (κ3) is 8.92. The molecular formula is C21H34FeOSi2+2. The van der Waals surface area contributed by atoms with Crippen LogP contribution in [0.5, 0.6) is 0 Å². The van der Waals surface area contributed by atoms with Gasteiger partial charge in [0.05, 0.1) is 22.3 Å². The van der Waals surface area contributed by atoms with E-state index in [-0.39, 0.29) is 23.2 Å². The molecule has 4 heteroatoms. The second kappa shape index (κ2) is 10.9. The molecule has 1 atom stereocenters. The Bertz CT molecular complexity index is 392. The average molecular weight is 415 g/mol. The van der Waals surface area contributed by atoms with Crippen molar-refractivity contribution in [2.24, 2.45) is 0 Å². The molecule has 0 aromatic heterocycles. The van der Waals surface area contributed by atoms with E-state index in [0.29, 0.717) is 6.42 Å². The van der Waals surface area contributed by atoms with Crippen LogP contribution >= 0.6 is 0 Å². The van der Waals surface area contributed by atoms with Gasteiger partial charge in [0.15, 0.2) is 0 Å². The van der Waals surface area contributed by atoms with E-state index in [2.05, 4.69) is 78.0 Å². The van der Waals surface area contributed by atoms with E-state index < -0.39 is 16.1 Å². The van der Waals surface area contributed by atoms with Crippen LogP contribution in [0.4, 0.5) is 0 Å². The number of aliphatic hydroxyl groups excluding tert-OH is 1. The van der Waals surface area contributed by atoms with E-state index in [9.17, 15) is 5.11 Å². The molecule has 0 spiro atoms. The number of aliphatic hydroxyl groups is 1. The van der Waals surface area contributed by atoms with Crippen LogP contribution in [0.1, 0.15) is 13.3 Å². The molecule has 0 amide bonds. The number of hydrogen-bond acceptors (Lipinski definition) is 1. The first-order chi connectivity index (χ1) is 10.9. The van der Waals surface area contributed by atoms with Crippen LogP contribution in [-0.4, -0.2) is 27.4 Å². The molecule has 1 N–H and O–H groups in total. The number of hydrogen-bond donors (Lipinski definition) is 1. The van der Waals surface area contributed by atoms with E-state index in [4.69, 9.17) is 0 Å². The fraction of sp³-hybridized carbons (Fsp3) is 0.429. The SMILES string of the molecule is C=C(C)CC(O)[C]1[CH][CH][CH][C]1[Si](C)(C)C.C[Si](C)(C)[C]1[CH][CH][CH][CH]1.[Fe+2]. The summed E-state index contributed by atoms with van der Waals surface area (Å²) in [6, 6.07) is 0. The maximum Gasteiger partial charge on any atom is 2.00 e. The van der Waals surface area contributed by atoms with Crippen LogP contribution in [0.15, 0.2) is 12.2 Å². The summed E-state index contributed by atoms with van der Waals surface area (Å²) in [5.74, 6) is 1.11. The van der Waals surface area contributed by atoms with Crippen LogP contribution in [0, 0.1) is 61.9 Å². The van der Waals surface area contributed by atoms with Crippen LogP contribution in [0.3, 0.4) is 0 Å². The van der Waals surface area contributed by atoms with Gasteiger partial charge >= 0.3 is 17.1 Å². The van der Waals surface area contributed by atoms with Crippen molar-refractivity contribution in [1.82, 2.24) is 0 Å². The van der Waals surface area contributed by atoms with Gasteiger partial charge in [-0.2, -0.15) is 0 Å². The topological polar surface area (TPSA) is 20.2 Å². The molecule has 0 bridgehead atoms. The monoisotopic (exact) mass is 414 g/mol. The van der Waals surface area contributed by atoms with Crippen molar-refractivity contribution < 1.29 is 22.2 Å². The molecule has 2 saturated carbocycles. The molecule has 2 fully saturated rings. The third-order valence-electron chi connectivity index (χ3n) is 4.09. The van der Waals surface area contributed by atoms with Crippen LogP contribution in [0.2, 0.25) is 39.3 Å². The first kappa shape index (κ1) is 25.7. The van der Waals surface area contributed by atoms with Crippen molar-refractivity contribution in [3.63, 3.8) is 0 Å². The molecule has 0 saturated heterocycles. The zero-order valence-corrected chi connectivity index (χ0v) is 19.9. The Kier molecular flexibility index (Phi) is 11.1. The average Bonchev–Trinajstić information content (AvgIpc) is 3.09. The van der Waals surface area contributed by atoms with Gasteiger partial charge < -0.3 is 5.11 Å². The zero-order chi connectivity index (χ0) is 18.5. The Morgan fingerprint density at radius 1 is 0.920 bits per heavy atom. The minimum absolute atomic E-state index is 0. The Morgan fingerprint density at radius 2 is 1.44 bits per heavy atom. The predicted molar refractivity (Wildman–Crippen MR) is 112 cm³/mol. The van der Waals surface area contributed by atoms with Gasteiger partial charge in [-0.05, 0) is 69.4 Å². The maximum atomic E-state index is 10.1. The normalized spacial score (nSPS) is 21.4. The van der Waals surface area contributed by atoms with Crippen molar-refractivity contribution in [2.75, 3.05) is 0 Å². The fourth-order valence-corrected chi connectivity index (χ4v) is 5.63. The molecule has 0 aliphatic heterocycles.